The minimum atomic E-state index is -1.55. The molecule has 1 aliphatic rings. The molecule has 6 atom stereocenters. The van der Waals surface area contributed by atoms with E-state index < -0.39 is 49.4 Å². The van der Waals surface area contributed by atoms with Crippen LogP contribution in [-0.4, -0.2) is 89.6 Å². The molecule has 1 saturated heterocycles. The van der Waals surface area contributed by atoms with Gasteiger partial charge >= 0.3 is 5.97 Å². The summed E-state index contributed by atoms with van der Waals surface area (Å²) in [7, 11) is 0. The van der Waals surface area contributed by atoms with Crippen molar-refractivity contribution in [2.24, 2.45) is 0 Å². The van der Waals surface area contributed by atoms with E-state index in [0.29, 0.717) is 13.0 Å². The third-order valence-corrected chi connectivity index (χ3v) is 9.73. The number of hydrogen-bond acceptors (Lipinski definition) is 9. The average molecular weight is 777 g/mol. The van der Waals surface area contributed by atoms with Crippen LogP contribution >= 0.6 is 0 Å². The molecule has 9 heteroatoms. The zero-order valence-electron chi connectivity index (χ0n) is 34.7. The number of rotatable bonds is 36. The van der Waals surface area contributed by atoms with Crippen LogP contribution in [0.4, 0.5) is 0 Å². The van der Waals surface area contributed by atoms with Crippen LogP contribution in [-0.2, 0) is 23.7 Å². The molecular formula is C46H80O9. The number of esters is 1. The van der Waals surface area contributed by atoms with Crippen LogP contribution in [0.3, 0.4) is 0 Å². The van der Waals surface area contributed by atoms with E-state index in [2.05, 4.69) is 62.5 Å². The first-order chi connectivity index (χ1) is 26.9. The van der Waals surface area contributed by atoms with Crippen LogP contribution in [0.5, 0.6) is 0 Å². The van der Waals surface area contributed by atoms with Gasteiger partial charge in [-0.3, -0.25) is 4.79 Å². The molecule has 0 aromatic carbocycles. The number of hydrogen-bond donors (Lipinski definition) is 4. The van der Waals surface area contributed by atoms with Gasteiger partial charge in [-0.2, -0.15) is 0 Å². The monoisotopic (exact) mass is 777 g/mol. The summed E-state index contributed by atoms with van der Waals surface area (Å²) in [4.78, 5) is 12.7. The Labute approximate surface area is 335 Å². The van der Waals surface area contributed by atoms with Crippen molar-refractivity contribution in [3.63, 3.8) is 0 Å². The number of unbranched alkanes of at least 4 members (excludes halogenated alkanes) is 16. The molecule has 0 spiro atoms. The zero-order valence-corrected chi connectivity index (χ0v) is 34.7. The summed E-state index contributed by atoms with van der Waals surface area (Å²) in [6.07, 6.45) is 39.9. The molecule has 0 aliphatic carbocycles. The van der Waals surface area contributed by atoms with Gasteiger partial charge in [0.05, 0.1) is 26.2 Å². The summed E-state index contributed by atoms with van der Waals surface area (Å²) >= 11 is 0. The van der Waals surface area contributed by atoms with Crippen molar-refractivity contribution in [2.45, 2.75) is 198 Å². The molecule has 4 N–H and O–H groups in total. The van der Waals surface area contributed by atoms with Gasteiger partial charge in [-0.1, -0.05) is 177 Å². The minimum absolute atomic E-state index is 0.0866. The van der Waals surface area contributed by atoms with Crippen molar-refractivity contribution in [1.82, 2.24) is 0 Å². The molecule has 1 aliphatic heterocycles. The number of allylic oxidation sites excluding steroid dienone is 9. The molecule has 0 aromatic heterocycles. The number of carbonyl (C=O) groups excluding carboxylic acids is 1. The van der Waals surface area contributed by atoms with Gasteiger partial charge < -0.3 is 39.4 Å². The van der Waals surface area contributed by atoms with E-state index in [0.717, 1.165) is 38.5 Å². The highest BCUT2D eigenvalue weighted by molar-refractivity contribution is 5.71. The molecule has 0 bridgehead atoms. The number of aliphatic hydroxyl groups is 4. The minimum Gasteiger partial charge on any atom is -0.457 e. The van der Waals surface area contributed by atoms with E-state index in [1.165, 1.54) is 96.3 Å². The quantitative estimate of drug-likeness (QED) is 0.0279. The van der Waals surface area contributed by atoms with E-state index in [4.69, 9.17) is 18.9 Å². The third kappa shape index (κ3) is 28.9. The van der Waals surface area contributed by atoms with Crippen LogP contribution in [0.25, 0.3) is 0 Å². The fraction of sp³-hybridized carbons (Fsp3) is 0.761. The molecule has 55 heavy (non-hydrogen) atoms. The second-order valence-corrected chi connectivity index (χ2v) is 14.8. The van der Waals surface area contributed by atoms with Crippen LogP contribution in [0.15, 0.2) is 60.8 Å². The van der Waals surface area contributed by atoms with E-state index in [1.54, 1.807) is 6.08 Å². The van der Waals surface area contributed by atoms with Crippen LogP contribution in [0.1, 0.15) is 162 Å². The maximum Gasteiger partial charge on any atom is 0.310 e. The average Bonchev–Trinajstić information content (AvgIpc) is 3.18. The van der Waals surface area contributed by atoms with Crippen molar-refractivity contribution in [1.29, 1.82) is 0 Å². The topological polar surface area (TPSA) is 135 Å². The highest BCUT2D eigenvalue weighted by Crippen LogP contribution is 2.22. The van der Waals surface area contributed by atoms with Gasteiger partial charge in [0.2, 0.25) is 0 Å². The lowest BCUT2D eigenvalue weighted by Gasteiger charge is -2.39. The first kappa shape index (κ1) is 50.9. The van der Waals surface area contributed by atoms with Gasteiger partial charge in [0, 0.05) is 6.61 Å². The summed E-state index contributed by atoms with van der Waals surface area (Å²) in [5, 5.41) is 40.0. The normalized spacial score (nSPS) is 21.3. The van der Waals surface area contributed by atoms with Crippen molar-refractivity contribution < 1.29 is 44.2 Å². The van der Waals surface area contributed by atoms with E-state index in [1.807, 2.05) is 6.08 Å². The molecule has 0 amide bonds. The third-order valence-electron chi connectivity index (χ3n) is 9.73. The fourth-order valence-corrected chi connectivity index (χ4v) is 6.33. The van der Waals surface area contributed by atoms with Crippen LogP contribution < -0.4 is 0 Å². The highest BCUT2D eigenvalue weighted by atomic mass is 16.7. The van der Waals surface area contributed by atoms with Crippen molar-refractivity contribution in [3.8, 4) is 0 Å². The van der Waals surface area contributed by atoms with Gasteiger partial charge in [-0.05, 0) is 38.5 Å². The summed E-state index contributed by atoms with van der Waals surface area (Å²) < 4.78 is 22.7. The molecule has 1 rings (SSSR count). The molecule has 0 aromatic rings. The molecule has 6 unspecified atom stereocenters. The molecule has 0 radical (unpaired) electrons. The molecule has 1 heterocycles. The molecule has 1 fully saturated rings. The highest BCUT2D eigenvalue weighted by Gasteiger charge is 2.44. The van der Waals surface area contributed by atoms with E-state index in [-0.39, 0.29) is 19.6 Å². The molecular weight excluding hydrogens is 696 g/mol. The SMILES string of the molecule is CC/C=C\C/C=C\C/C=C\C/C=C\C/C=C\CC(=O)OC(COCCCCCCCCCCCCCCCCCCC)COC1OC(CO)C(O)C(O)C1O. The van der Waals surface area contributed by atoms with Crippen molar-refractivity contribution >= 4 is 5.97 Å². The Morgan fingerprint density at radius 1 is 0.582 bits per heavy atom. The van der Waals surface area contributed by atoms with Gasteiger partial charge in [0.25, 0.3) is 0 Å². The Balaban J connectivity index is 2.33. The van der Waals surface area contributed by atoms with Crippen LogP contribution in [0, 0.1) is 0 Å². The number of aliphatic hydroxyl groups excluding tert-OH is 4. The summed E-state index contributed by atoms with van der Waals surface area (Å²) in [6.45, 7) is 4.33. The number of carbonyl (C=O) groups is 1. The molecule has 318 valence electrons. The largest absolute Gasteiger partial charge is 0.457 e. The zero-order chi connectivity index (χ0) is 40.0. The Bertz CT molecular complexity index is 1020. The maximum atomic E-state index is 12.7. The Morgan fingerprint density at radius 2 is 1.04 bits per heavy atom. The first-order valence-corrected chi connectivity index (χ1v) is 21.9. The van der Waals surface area contributed by atoms with Gasteiger partial charge in [0.15, 0.2) is 6.29 Å². The van der Waals surface area contributed by atoms with Crippen LogP contribution in [0.2, 0.25) is 0 Å². The summed E-state index contributed by atoms with van der Waals surface area (Å²) in [6, 6.07) is 0. The van der Waals surface area contributed by atoms with Gasteiger partial charge in [-0.25, -0.2) is 0 Å². The van der Waals surface area contributed by atoms with Crippen molar-refractivity contribution in [2.75, 3.05) is 26.4 Å². The molecule has 9 nitrogen and oxygen atoms in total. The Hall–Kier alpha value is -2.11. The summed E-state index contributed by atoms with van der Waals surface area (Å²) in [5.74, 6) is -0.440. The second kappa shape index (κ2) is 37.5. The second-order valence-electron chi connectivity index (χ2n) is 14.8. The lowest BCUT2D eigenvalue weighted by molar-refractivity contribution is -0.305. The Kier molecular flexibility index (Phi) is 34.7. The van der Waals surface area contributed by atoms with E-state index >= 15 is 0 Å². The first-order valence-electron chi connectivity index (χ1n) is 21.9. The number of ether oxygens (including phenoxy) is 4. The smallest absolute Gasteiger partial charge is 0.310 e. The fourth-order valence-electron chi connectivity index (χ4n) is 6.33. The predicted molar refractivity (Wildman–Crippen MR) is 224 cm³/mol. The lowest BCUT2D eigenvalue weighted by atomic mass is 9.99. The molecule has 0 saturated carbocycles. The Morgan fingerprint density at radius 3 is 1.51 bits per heavy atom. The van der Waals surface area contributed by atoms with Crippen molar-refractivity contribution in [3.05, 3.63) is 60.8 Å². The van der Waals surface area contributed by atoms with E-state index in [9.17, 15) is 25.2 Å². The standard InChI is InChI=1S/C46H80O9/c1-3-5-7-9-11-13-15-17-19-20-22-24-26-28-30-32-34-36-52-38-40(39-53-46-45(51)44(50)43(49)41(37-47)55-46)54-42(48)35-33-31-29-27-25-23-21-18-16-14-12-10-8-6-4-2/h6,8,12,14,18,21,25,27,31,33,40-41,43-47,49-51H,3-5,7,9-11,13,15-17,19-20,22-24,26,28-30,32,34-39H2,1-2H3/b8-6-,14-12-,21-18-,27-25-,33-31-. The lowest BCUT2D eigenvalue weighted by Crippen LogP contribution is -2.59. The summed E-state index contributed by atoms with van der Waals surface area (Å²) in [5.41, 5.74) is 0. The maximum absolute atomic E-state index is 12.7. The van der Waals surface area contributed by atoms with Gasteiger partial charge in [-0.15, -0.1) is 0 Å². The predicted octanol–water partition coefficient (Wildman–Crippen LogP) is 9.52. The van der Waals surface area contributed by atoms with Gasteiger partial charge in [0.1, 0.15) is 30.5 Å².